The van der Waals surface area contributed by atoms with Crippen molar-refractivity contribution in [2.45, 2.75) is 25.3 Å². The molecule has 1 N–H and O–H groups in total. The van der Waals surface area contributed by atoms with Gasteiger partial charge in [0.2, 0.25) is 11.8 Å². The zero-order valence-electron chi connectivity index (χ0n) is 19.0. The molecule has 3 heterocycles. The highest BCUT2D eigenvalue weighted by Gasteiger charge is 2.40. The van der Waals surface area contributed by atoms with Crippen molar-refractivity contribution < 1.29 is 19.1 Å². The molecule has 9 nitrogen and oxygen atoms in total. The van der Waals surface area contributed by atoms with Crippen molar-refractivity contribution in [1.29, 1.82) is 0 Å². The first kappa shape index (κ1) is 22.5. The van der Waals surface area contributed by atoms with Gasteiger partial charge in [-0.25, -0.2) is 0 Å². The third-order valence-electron chi connectivity index (χ3n) is 6.44. The van der Waals surface area contributed by atoms with E-state index in [1.807, 2.05) is 12.1 Å². The molecule has 3 aliphatic rings. The minimum atomic E-state index is -0.243. The quantitative estimate of drug-likeness (QED) is 0.691. The van der Waals surface area contributed by atoms with Crippen molar-refractivity contribution in [3.8, 4) is 0 Å². The molecular weight excluding hydrogens is 410 g/mol. The van der Waals surface area contributed by atoms with Gasteiger partial charge < -0.3 is 19.9 Å². The van der Waals surface area contributed by atoms with Crippen molar-refractivity contribution in [2.75, 3.05) is 76.4 Å². The lowest BCUT2D eigenvalue weighted by Crippen LogP contribution is -2.57. The van der Waals surface area contributed by atoms with Crippen molar-refractivity contribution in [1.82, 2.24) is 15.1 Å². The summed E-state index contributed by atoms with van der Waals surface area (Å²) in [6.07, 6.45) is 2.81. The summed E-state index contributed by atoms with van der Waals surface area (Å²) in [5.41, 5.74) is 2.07. The number of amides is 3. The first-order valence-corrected chi connectivity index (χ1v) is 11.5. The number of fused-ring (bicyclic) bond motifs is 3. The van der Waals surface area contributed by atoms with Gasteiger partial charge in [0.25, 0.3) is 5.91 Å². The third kappa shape index (κ3) is 4.73. The van der Waals surface area contributed by atoms with Crippen LogP contribution in [0.1, 0.15) is 29.6 Å². The van der Waals surface area contributed by atoms with Gasteiger partial charge in [0.1, 0.15) is 12.6 Å². The van der Waals surface area contributed by atoms with Crippen LogP contribution in [-0.4, -0.2) is 100 Å². The van der Waals surface area contributed by atoms with Crippen LogP contribution in [0, 0.1) is 0 Å². The van der Waals surface area contributed by atoms with Gasteiger partial charge >= 0.3 is 0 Å². The second-order valence-electron chi connectivity index (χ2n) is 8.84. The Balaban J connectivity index is 1.51. The predicted octanol–water partition coefficient (Wildman–Crippen LogP) is 0.542. The van der Waals surface area contributed by atoms with Gasteiger partial charge in [0, 0.05) is 52.4 Å². The zero-order valence-corrected chi connectivity index (χ0v) is 19.0. The molecule has 9 heteroatoms. The summed E-state index contributed by atoms with van der Waals surface area (Å²) in [7, 11) is 3.40. The number of piperidine rings is 1. The Hall–Kier alpha value is -2.65. The second kappa shape index (κ2) is 9.87. The monoisotopic (exact) mass is 443 g/mol. The molecule has 0 saturated carbocycles. The molecule has 0 aliphatic carbocycles. The van der Waals surface area contributed by atoms with Crippen LogP contribution in [0.2, 0.25) is 0 Å². The largest absolute Gasteiger partial charge is 0.379 e. The van der Waals surface area contributed by atoms with Gasteiger partial charge in [0.05, 0.1) is 24.6 Å². The number of carbonyl (C=O) groups excluding carboxylic acids is 3. The van der Waals surface area contributed by atoms with Crippen molar-refractivity contribution in [2.24, 2.45) is 0 Å². The Morgan fingerprint density at radius 1 is 1.12 bits per heavy atom. The highest BCUT2D eigenvalue weighted by Crippen LogP contribution is 2.40. The van der Waals surface area contributed by atoms with Gasteiger partial charge in [-0.05, 0) is 37.5 Å². The highest BCUT2D eigenvalue weighted by atomic mass is 16.5. The average molecular weight is 444 g/mol. The first-order valence-electron chi connectivity index (χ1n) is 11.5. The highest BCUT2D eigenvalue weighted by molar-refractivity contribution is 6.09. The molecule has 2 saturated heterocycles. The summed E-state index contributed by atoms with van der Waals surface area (Å²) in [6, 6.07) is 5.23. The second-order valence-corrected chi connectivity index (χ2v) is 8.84. The molecule has 174 valence electrons. The van der Waals surface area contributed by atoms with Gasteiger partial charge in [-0.1, -0.05) is 0 Å². The minimum Gasteiger partial charge on any atom is -0.379 e. The molecule has 0 bridgehead atoms. The summed E-state index contributed by atoms with van der Waals surface area (Å²) in [5.74, 6) is -0.378. The first-order chi connectivity index (χ1) is 15.5. The van der Waals surface area contributed by atoms with Crippen molar-refractivity contribution >= 4 is 29.1 Å². The summed E-state index contributed by atoms with van der Waals surface area (Å²) >= 11 is 0. The number of morpholine rings is 1. The molecule has 0 radical (unpaired) electrons. The fourth-order valence-corrected chi connectivity index (χ4v) is 4.69. The van der Waals surface area contributed by atoms with Gasteiger partial charge in [-0.15, -0.1) is 0 Å². The van der Waals surface area contributed by atoms with E-state index in [1.54, 1.807) is 25.1 Å². The third-order valence-corrected chi connectivity index (χ3v) is 6.44. The van der Waals surface area contributed by atoms with Crippen LogP contribution in [0.5, 0.6) is 0 Å². The zero-order chi connectivity index (χ0) is 22.7. The Kier molecular flexibility index (Phi) is 6.95. The molecule has 3 aliphatic heterocycles. The topological polar surface area (TPSA) is 85.4 Å². The Labute approximate surface area is 189 Å². The van der Waals surface area contributed by atoms with E-state index in [1.165, 1.54) is 4.90 Å². The van der Waals surface area contributed by atoms with E-state index in [4.69, 9.17) is 4.74 Å². The van der Waals surface area contributed by atoms with E-state index in [0.717, 1.165) is 64.3 Å². The van der Waals surface area contributed by atoms with Gasteiger partial charge in [-0.3, -0.25) is 24.2 Å². The molecule has 0 spiro atoms. The SMILES string of the molecule is CN(C)C(=O)c1ccc2c(c1)N(CC(=O)NCCN1CCOCC1)C(=O)C1CCCCN21. The summed E-state index contributed by atoms with van der Waals surface area (Å²) < 4.78 is 5.35. The minimum absolute atomic E-state index is 0.0428. The van der Waals surface area contributed by atoms with E-state index in [2.05, 4.69) is 15.1 Å². The molecule has 1 atom stereocenters. The van der Waals surface area contributed by atoms with Crippen LogP contribution in [-0.2, 0) is 14.3 Å². The van der Waals surface area contributed by atoms with Crippen LogP contribution >= 0.6 is 0 Å². The molecule has 3 amide bonds. The maximum absolute atomic E-state index is 13.4. The average Bonchev–Trinajstić information content (AvgIpc) is 2.81. The number of nitrogens with one attached hydrogen (secondary N) is 1. The number of ether oxygens (including phenoxy) is 1. The number of anilines is 2. The van der Waals surface area contributed by atoms with Gasteiger partial charge in [-0.2, -0.15) is 0 Å². The summed E-state index contributed by atoms with van der Waals surface area (Å²) in [6.45, 7) is 5.24. The van der Waals surface area contributed by atoms with E-state index in [9.17, 15) is 14.4 Å². The number of nitrogens with zero attached hydrogens (tertiary/aromatic N) is 4. The standard InChI is InChI=1S/C23H33N5O4/c1-25(2)22(30)17-6-7-18-20(15-17)28(23(31)19-5-3-4-9-27(18)19)16-21(29)24-8-10-26-11-13-32-14-12-26/h6-7,15,19H,3-5,8-14,16H2,1-2H3,(H,24,29). The molecule has 0 aromatic heterocycles. The van der Waals surface area contributed by atoms with Crippen molar-refractivity contribution in [3.63, 3.8) is 0 Å². The lowest BCUT2D eigenvalue weighted by molar-refractivity contribution is -0.125. The van der Waals surface area contributed by atoms with Crippen LogP contribution in [0.4, 0.5) is 11.4 Å². The molecule has 2 fully saturated rings. The number of carbonyl (C=O) groups is 3. The predicted molar refractivity (Wildman–Crippen MR) is 122 cm³/mol. The molecule has 1 aromatic rings. The normalized spacial score (nSPS) is 21.1. The number of rotatable bonds is 6. The molecule has 32 heavy (non-hydrogen) atoms. The maximum Gasteiger partial charge on any atom is 0.253 e. The molecule has 4 rings (SSSR count). The molecule has 1 unspecified atom stereocenters. The van der Waals surface area contributed by atoms with Gasteiger partial charge in [0.15, 0.2) is 0 Å². The maximum atomic E-state index is 13.4. The van der Waals surface area contributed by atoms with Crippen molar-refractivity contribution in [3.05, 3.63) is 23.8 Å². The van der Waals surface area contributed by atoms with E-state index < -0.39 is 0 Å². The summed E-state index contributed by atoms with van der Waals surface area (Å²) in [4.78, 5) is 46.1. The Bertz CT molecular complexity index is 868. The fraction of sp³-hybridized carbons (Fsp3) is 0.609. The van der Waals surface area contributed by atoms with E-state index in [-0.39, 0.29) is 30.3 Å². The Morgan fingerprint density at radius 2 is 1.91 bits per heavy atom. The van der Waals surface area contributed by atoms with E-state index >= 15 is 0 Å². The number of hydrogen-bond acceptors (Lipinski definition) is 6. The molecular formula is C23H33N5O4. The number of hydrogen-bond donors (Lipinski definition) is 1. The van der Waals surface area contributed by atoms with E-state index in [0.29, 0.717) is 17.8 Å². The molecule has 1 aromatic carbocycles. The summed E-state index contributed by atoms with van der Waals surface area (Å²) in [5, 5.41) is 2.95. The Morgan fingerprint density at radius 3 is 2.66 bits per heavy atom. The van der Waals surface area contributed by atoms with Crippen LogP contribution in [0.3, 0.4) is 0 Å². The van der Waals surface area contributed by atoms with Crippen LogP contribution in [0.25, 0.3) is 0 Å². The smallest absolute Gasteiger partial charge is 0.253 e. The lowest BCUT2D eigenvalue weighted by Gasteiger charge is -2.45. The lowest BCUT2D eigenvalue weighted by atomic mass is 9.95. The van der Waals surface area contributed by atoms with Crippen LogP contribution < -0.4 is 15.1 Å². The number of benzene rings is 1. The fourth-order valence-electron chi connectivity index (χ4n) is 4.69. The van der Waals surface area contributed by atoms with Crippen LogP contribution in [0.15, 0.2) is 18.2 Å².